The van der Waals surface area contributed by atoms with Crippen LogP contribution >= 0.6 is 0 Å². The summed E-state index contributed by atoms with van der Waals surface area (Å²) in [4.78, 5) is 2.62. The molecule has 0 bridgehead atoms. The molecular formula is C13H28N2. The molecular weight excluding hydrogens is 184 g/mol. The van der Waals surface area contributed by atoms with Gasteiger partial charge < -0.3 is 10.2 Å². The van der Waals surface area contributed by atoms with Gasteiger partial charge in [0.05, 0.1) is 0 Å². The van der Waals surface area contributed by atoms with E-state index in [0.717, 1.165) is 24.3 Å². The van der Waals surface area contributed by atoms with E-state index in [0.29, 0.717) is 0 Å². The van der Waals surface area contributed by atoms with Crippen LogP contribution in [0.5, 0.6) is 0 Å². The van der Waals surface area contributed by atoms with Crippen molar-refractivity contribution in [1.82, 2.24) is 10.2 Å². The van der Waals surface area contributed by atoms with Gasteiger partial charge >= 0.3 is 0 Å². The van der Waals surface area contributed by atoms with Crippen molar-refractivity contribution in [1.29, 1.82) is 0 Å². The topological polar surface area (TPSA) is 15.3 Å². The van der Waals surface area contributed by atoms with E-state index in [9.17, 15) is 0 Å². The van der Waals surface area contributed by atoms with Crippen LogP contribution in [0.3, 0.4) is 0 Å². The zero-order valence-electron chi connectivity index (χ0n) is 10.9. The summed E-state index contributed by atoms with van der Waals surface area (Å²) >= 11 is 0. The van der Waals surface area contributed by atoms with Crippen LogP contribution in [0.2, 0.25) is 0 Å². The van der Waals surface area contributed by atoms with Gasteiger partial charge in [0, 0.05) is 13.1 Å². The largest absolute Gasteiger partial charge is 0.316 e. The Balaban J connectivity index is 1.97. The quantitative estimate of drug-likeness (QED) is 0.679. The van der Waals surface area contributed by atoms with Gasteiger partial charge in [-0.3, -0.25) is 0 Å². The predicted molar refractivity (Wildman–Crippen MR) is 67.1 cm³/mol. The Kier molecular flexibility index (Phi) is 5.62. The van der Waals surface area contributed by atoms with Gasteiger partial charge in [0.25, 0.3) is 0 Å². The van der Waals surface area contributed by atoms with E-state index in [4.69, 9.17) is 0 Å². The van der Waals surface area contributed by atoms with E-state index in [-0.39, 0.29) is 0 Å². The number of hydrogen-bond acceptors (Lipinski definition) is 2. The van der Waals surface area contributed by atoms with Gasteiger partial charge in [0.2, 0.25) is 0 Å². The lowest BCUT2D eigenvalue weighted by atomic mass is 10.0. The molecule has 0 aromatic rings. The van der Waals surface area contributed by atoms with E-state index in [2.05, 4.69) is 37.9 Å². The summed E-state index contributed by atoms with van der Waals surface area (Å²) in [5.74, 6) is 2.57. The molecule has 0 aromatic carbocycles. The highest BCUT2D eigenvalue weighted by Gasteiger charge is 2.24. The molecule has 1 aliphatic rings. The Bertz CT molecular complexity index is 158. The summed E-state index contributed by atoms with van der Waals surface area (Å²) in [6, 6.07) is 0. The molecule has 1 aliphatic heterocycles. The van der Waals surface area contributed by atoms with Gasteiger partial charge in [-0.1, -0.05) is 27.7 Å². The highest BCUT2D eigenvalue weighted by molar-refractivity contribution is 4.78. The number of rotatable bonds is 6. The average molecular weight is 212 g/mol. The van der Waals surface area contributed by atoms with Crippen molar-refractivity contribution in [3.8, 4) is 0 Å². The fourth-order valence-corrected chi connectivity index (χ4v) is 2.25. The minimum Gasteiger partial charge on any atom is -0.316 e. The first-order valence-corrected chi connectivity index (χ1v) is 6.52. The standard InChI is InChI=1S/C13H28N2/c1-11(2)8-14-6-5-7-15-9-12(3)13(4)10-15/h11-14H,5-10H2,1-4H3. The molecule has 0 aromatic heterocycles. The molecule has 90 valence electrons. The minimum absolute atomic E-state index is 0.775. The smallest absolute Gasteiger partial charge is 0.00102 e. The van der Waals surface area contributed by atoms with Crippen molar-refractivity contribution in [2.45, 2.75) is 34.1 Å². The van der Waals surface area contributed by atoms with E-state index >= 15 is 0 Å². The van der Waals surface area contributed by atoms with Crippen molar-refractivity contribution in [3.05, 3.63) is 0 Å². The highest BCUT2D eigenvalue weighted by Crippen LogP contribution is 2.21. The van der Waals surface area contributed by atoms with Gasteiger partial charge in [0.15, 0.2) is 0 Å². The zero-order chi connectivity index (χ0) is 11.3. The normalized spacial score (nSPS) is 27.8. The van der Waals surface area contributed by atoms with Gasteiger partial charge in [-0.25, -0.2) is 0 Å². The van der Waals surface area contributed by atoms with Gasteiger partial charge in [-0.2, -0.15) is 0 Å². The molecule has 0 amide bonds. The summed E-state index contributed by atoms with van der Waals surface area (Å²) < 4.78 is 0. The summed E-state index contributed by atoms with van der Waals surface area (Å²) in [6.07, 6.45) is 1.30. The first-order chi connectivity index (χ1) is 7.09. The molecule has 1 heterocycles. The molecule has 2 nitrogen and oxygen atoms in total. The monoisotopic (exact) mass is 212 g/mol. The molecule has 1 rings (SSSR count). The molecule has 0 spiro atoms. The van der Waals surface area contributed by atoms with Crippen LogP contribution in [0.15, 0.2) is 0 Å². The van der Waals surface area contributed by atoms with Gasteiger partial charge in [0.1, 0.15) is 0 Å². The Morgan fingerprint density at radius 1 is 1.20 bits per heavy atom. The highest BCUT2D eigenvalue weighted by atomic mass is 15.1. The van der Waals surface area contributed by atoms with Crippen LogP contribution < -0.4 is 5.32 Å². The summed E-state index contributed by atoms with van der Waals surface area (Å²) in [6.45, 7) is 15.5. The Morgan fingerprint density at radius 3 is 2.33 bits per heavy atom. The maximum atomic E-state index is 3.50. The molecule has 0 radical (unpaired) electrons. The summed E-state index contributed by atoms with van der Waals surface area (Å²) in [7, 11) is 0. The molecule has 0 aliphatic carbocycles. The van der Waals surface area contributed by atoms with Crippen molar-refractivity contribution in [2.75, 3.05) is 32.7 Å². The van der Waals surface area contributed by atoms with E-state index in [1.165, 1.54) is 32.6 Å². The third kappa shape index (κ3) is 4.98. The Hall–Kier alpha value is -0.0800. The number of hydrogen-bond donors (Lipinski definition) is 1. The molecule has 1 saturated heterocycles. The lowest BCUT2D eigenvalue weighted by Crippen LogP contribution is -2.27. The van der Waals surface area contributed by atoms with Crippen LogP contribution in [-0.4, -0.2) is 37.6 Å². The fraction of sp³-hybridized carbons (Fsp3) is 1.00. The SMILES string of the molecule is CC(C)CNCCCN1CC(C)C(C)C1. The third-order valence-electron chi connectivity index (χ3n) is 3.44. The Morgan fingerprint density at radius 2 is 1.80 bits per heavy atom. The van der Waals surface area contributed by atoms with Crippen molar-refractivity contribution in [2.24, 2.45) is 17.8 Å². The third-order valence-corrected chi connectivity index (χ3v) is 3.44. The number of nitrogens with zero attached hydrogens (tertiary/aromatic N) is 1. The van der Waals surface area contributed by atoms with Crippen LogP contribution in [0, 0.1) is 17.8 Å². The molecule has 0 saturated carbocycles. The molecule has 2 atom stereocenters. The van der Waals surface area contributed by atoms with Crippen molar-refractivity contribution >= 4 is 0 Å². The first-order valence-electron chi connectivity index (χ1n) is 6.52. The lowest BCUT2D eigenvalue weighted by molar-refractivity contribution is 0.316. The Labute approximate surface area is 95.4 Å². The maximum absolute atomic E-state index is 3.50. The van der Waals surface area contributed by atoms with E-state index in [1.54, 1.807) is 0 Å². The summed E-state index contributed by atoms with van der Waals surface area (Å²) in [5, 5.41) is 3.50. The second kappa shape index (κ2) is 6.49. The second-order valence-electron chi connectivity index (χ2n) is 5.67. The van der Waals surface area contributed by atoms with Crippen LogP contribution in [0.1, 0.15) is 34.1 Å². The van der Waals surface area contributed by atoms with Crippen molar-refractivity contribution in [3.63, 3.8) is 0 Å². The van der Waals surface area contributed by atoms with Gasteiger partial charge in [-0.15, -0.1) is 0 Å². The molecule has 1 N–H and O–H groups in total. The predicted octanol–water partition coefficient (Wildman–Crippen LogP) is 2.21. The maximum Gasteiger partial charge on any atom is 0.00102 e. The minimum atomic E-state index is 0.775. The van der Waals surface area contributed by atoms with E-state index < -0.39 is 0 Å². The lowest BCUT2D eigenvalue weighted by Gasteiger charge is -2.15. The molecule has 15 heavy (non-hydrogen) atoms. The van der Waals surface area contributed by atoms with Crippen LogP contribution in [0.25, 0.3) is 0 Å². The second-order valence-corrected chi connectivity index (χ2v) is 5.67. The number of likely N-dealkylation sites (tertiary alicyclic amines) is 1. The zero-order valence-corrected chi connectivity index (χ0v) is 10.9. The fourth-order valence-electron chi connectivity index (χ4n) is 2.25. The van der Waals surface area contributed by atoms with E-state index in [1.807, 2.05) is 0 Å². The summed E-state index contributed by atoms with van der Waals surface area (Å²) in [5.41, 5.74) is 0. The average Bonchev–Trinajstić information content (AvgIpc) is 2.45. The van der Waals surface area contributed by atoms with Crippen LogP contribution in [-0.2, 0) is 0 Å². The van der Waals surface area contributed by atoms with Crippen molar-refractivity contribution < 1.29 is 0 Å². The number of nitrogens with one attached hydrogen (secondary N) is 1. The molecule has 2 heteroatoms. The molecule has 1 fully saturated rings. The first kappa shape index (κ1) is 13.0. The van der Waals surface area contributed by atoms with Crippen LogP contribution in [0.4, 0.5) is 0 Å². The molecule has 2 unspecified atom stereocenters. The van der Waals surface area contributed by atoms with Gasteiger partial charge in [-0.05, 0) is 43.8 Å².